The number of rotatable bonds is 4. The molecule has 0 spiro atoms. The first kappa shape index (κ1) is 16.7. The van der Waals surface area contributed by atoms with Crippen molar-refractivity contribution in [2.45, 2.75) is 11.5 Å². The monoisotopic (exact) mass is 363 g/mol. The summed E-state index contributed by atoms with van der Waals surface area (Å²) in [6.45, 7) is -0.229. The highest BCUT2D eigenvalue weighted by Gasteiger charge is 2.17. The Labute approximate surface area is 144 Å². The van der Waals surface area contributed by atoms with Crippen LogP contribution in [0, 0.1) is 0 Å². The molecule has 124 valence electrons. The molecule has 1 aromatic heterocycles. The molecule has 1 heterocycles. The van der Waals surface area contributed by atoms with Gasteiger partial charge in [-0.25, -0.2) is 13.6 Å². The van der Waals surface area contributed by atoms with Gasteiger partial charge in [0.2, 0.25) is 10.0 Å². The molecule has 0 saturated carbocycles. The summed E-state index contributed by atoms with van der Waals surface area (Å²) in [7, 11) is -3.76. The summed E-state index contributed by atoms with van der Waals surface area (Å²) in [6, 6.07) is 13.2. The molecule has 4 N–H and O–H groups in total. The number of benzene rings is 2. The third kappa shape index (κ3) is 3.20. The second-order valence-corrected chi connectivity index (χ2v) is 7.16. The van der Waals surface area contributed by atoms with E-state index in [9.17, 15) is 13.5 Å². The summed E-state index contributed by atoms with van der Waals surface area (Å²) in [6.07, 6.45) is 0. The molecule has 6 nitrogen and oxygen atoms in total. The summed E-state index contributed by atoms with van der Waals surface area (Å²) in [5, 5.41) is 22.4. The lowest BCUT2D eigenvalue weighted by atomic mass is 9.99. The lowest BCUT2D eigenvalue weighted by Gasteiger charge is -2.07. The molecule has 0 aliphatic heterocycles. The first-order chi connectivity index (χ1) is 11.4. The number of nitrogens with one attached hydrogen (secondary N) is 1. The molecule has 0 atom stereocenters. The fourth-order valence-corrected chi connectivity index (χ4v) is 3.07. The van der Waals surface area contributed by atoms with E-state index in [0.717, 1.165) is 5.56 Å². The highest BCUT2D eigenvalue weighted by atomic mass is 35.5. The summed E-state index contributed by atoms with van der Waals surface area (Å²) in [5.74, 6) is 0. The van der Waals surface area contributed by atoms with Gasteiger partial charge < -0.3 is 5.11 Å². The number of primary sulfonamides is 1. The van der Waals surface area contributed by atoms with E-state index in [1.54, 1.807) is 24.3 Å². The zero-order valence-electron chi connectivity index (χ0n) is 12.4. The SMILES string of the molecule is NS(=O)(=O)c1ccc(-c2c(-c3ccc(Cl)cc3)n[nH]c2CO)cc1. The van der Waals surface area contributed by atoms with Crippen LogP contribution in [-0.4, -0.2) is 23.7 Å². The third-order valence-electron chi connectivity index (χ3n) is 3.59. The second kappa shape index (κ2) is 6.37. The molecule has 24 heavy (non-hydrogen) atoms. The molecule has 0 saturated heterocycles. The number of aromatic nitrogens is 2. The van der Waals surface area contributed by atoms with Crippen LogP contribution in [0.15, 0.2) is 53.4 Å². The maximum atomic E-state index is 11.4. The lowest BCUT2D eigenvalue weighted by molar-refractivity contribution is 0.277. The van der Waals surface area contributed by atoms with Crippen LogP contribution in [0.4, 0.5) is 0 Å². The number of nitrogens with zero attached hydrogens (tertiary/aromatic N) is 1. The van der Waals surface area contributed by atoms with Gasteiger partial charge in [-0.15, -0.1) is 0 Å². The molecule has 0 radical (unpaired) electrons. The first-order valence-corrected chi connectivity index (χ1v) is 8.90. The van der Waals surface area contributed by atoms with Gasteiger partial charge in [-0.05, 0) is 29.8 Å². The van der Waals surface area contributed by atoms with Crippen LogP contribution in [0.1, 0.15) is 5.69 Å². The number of aromatic amines is 1. The largest absolute Gasteiger partial charge is 0.390 e. The fourth-order valence-electron chi connectivity index (χ4n) is 2.43. The highest BCUT2D eigenvalue weighted by Crippen LogP contribution is 2.34. The minimum atomic E-state index is -3.76. The average Bonchev–Trinajstić information content (AvgIpc) is 2.99. The lowest BCUT2D eigenvalue weighted by Crippen LogP contribution is -2.11. The maximum absolute atomic E-state index is 11.4. The molecule has 3 rings (SSSR count). The van der Waals surface area contributed by atoms with Crippen molar-refractivity contribution in [3.05, 3.63) is 59.2 Å². The standard InChI is InChI=1S/C16H14ClN3O3S/c17-12-5-1-11(2-6-12)16-15(14(9-21)19-20-16)10-3-7-13(8-4-10)24(18,22)23/h1-8,21H,9H2,(H,19,20)(H2,18,22,23). The normalized spacial score (nSPS) is 11.6. The second-order valence-electron chi connectivity index (χ2n) is 5.16. The topological polar surface area (TPSA) is 109 Å². The van der Waals surface area contributed by atoms with Crippen molar-refractivity contribution in [1.29, 1.82) is 0 Å². The Balaban J connectivity index is 2.13. The highest BCUT2D eigenvalue weighted by molar-refractivity contribution is 7.89. The smallest absolute Gasteiger partial charge is 0.238 e. The molecule has 0 aliphatic rings. The van der Waals surface area contributed by atoms with Crippen molar-refractivity contribution in [3.63, 3.8) is 0 Å². The molecule has 0 amide bonds. The van der Waals surface area contributed by atoms with E-state index < -0.39 is 10.0 Å². The molecular formula is C16H14ClN3O3S. The van der Waals surface area contributed by atoms with Gasteiger partial charge in [-0.3, -0.25) is 5.10 Å². The van der Waals surface area contributed by atoms with Crippen molar-refractivity contribution >= 4 is 21.6 Å². The Morgan fingerprint density at radius 1 is 1.04 bits per heavy atom. The third-order valence-corrected chi connectivity index (χ3v) is 4.77. The van der Waals surface area contributed by atoms with E-state index in [-0.39, 0.29) is 11.5 Å². The van der Waals surface area contributed by atoms with Gasteiger partial charge in [0.05, 0.1) is 17.2 Å². The summed E-state index contributed by atoms with van der Waals surface area (Å²) < 4.78 is 22.8. The molecule has 0 bridgehead atoms. The van der Waals surface area contributed by atoms with Crippen LogP contribution < -0.4 is 5.14 Å². The van der Waals surface area contributed by atoms with E-state index >= 15 is 0 Å². The van der Waals surface area contributed by atoms with Crippen molar-refractivity contribution in [2.24, 2.45) is 5.14 Å². The van der Waals surface area contributed by atoms with Crippen LogP contribution in [0.3, 0.4) is 0 Å². The number of halogens is 1. The Hall–Kier alpha value is -2.19. The number of aliphatic hydroxyl groups is 1. The Kier molecular flexibility index (Phi) is 4.42. The van der Waals surface area contributed by atoms with Crippen LogP contribution in [0.25, 0.3) is 22.4 Å². The predicted octanol–water partition coefficient (Wildman–Crippen LogP) is 2.54. The van der Waals surface area contributed by atoms with Gasteiger partial charge in [0.25, 0.3) is 0 Å². The van der Waals surface area contributed by atoms with Crippen molar-refractivity contribution < 1.29 is 13.5 Å². The number of hydrogen-bond donors (Lipinski definition) is 3. The van der Waals surface area contributed by atoms with Gasteiger partial charge in [-0.2, -0.15) is 5.10 Å². The van der Waals surface area contributed by atoms with Crippen LogP contribution in [-0.2, 0) is 16.6 Å². The molecule has 0 unspecified atom stereocenters. The van der Waals surface area contributed by atoms with Crippen molar-refractivity contribution in [3.8, 4) is 22.4 Å². The fraction of sp³-hybridized carbons (Fsp3) is 0.0625. The minimum absolute atomic E-state index is 0.0216. The number of aliphatic hydroxyl groups excluding tert-OH is 1. The zero-order chi connectivity index (χ0) is 17.3. The molecule has 0 aliphatic carbocycles. The first-order valence-electron chi connectivity index (χ1n) is 6.97. The Morgan fingerprint density at radius 2 is 1.62 bits per heavy atom. The zero-order valence-corrected chi connectivity index (χ0v) is 14.0. The van der Waals surface area contributed by atoms with Gasteiger partial charge >= 0.3 is 0 Å². The molecule has 0 fully saturated rings. The van der Waals surface area contributed by atoms with Gasteiger partial charge in [0.1, 0.15) is 5.69 Å². The Bertz CT molecular complexity index is 965. The van der Waals surface area contributed by atoms with E-state index in [2.05, 4.69) is 10.2 Å². The number of H-pyrrole nitrogens is 1. The number of sulfonamides is 1. The summed E-state index contributed by atoms with van der Waals surface area (Å²) >= 11 is 5.91. The number of hydrogen-bond acceptors (Lipinski definition) is 4. The van der Waals surface area contributed by atoms with E-state index in [1.165, 1.54) is 12.1 Å². The van der Waals surface area contributed by atoms with Crippen molar-refractivity contribution in [1.82, 2.24) is 10.2 Å². The summed E-state index contributed by atoms with van der Waals surface area (Å²) in [5.41, 5.74) is 3.40. The van der Waals surface area contributed by atoms with E-state index in [0.29, 0.717) is 27.5 Å². The Morgan fingerprint density at radius 3 is 2.17 bits per heavy atom. The van der Waals surface area contributed by atoms with E-state index in [4.69, 9.17) is 16.7 Å². The molecule has 2 aromatic carbocycles. The van der Waals surface area contributed by atoms with E-state index in [1.807, 2.05) is 12.1 Å². The van der Waals surface area contributed by atoms with Gasteiger partial charge in [-0.1, -0.05) is 35.9 Å². The van der Waals surface area contributed by atoms with Crippen LogP contribution >= 0.6 is 11.6 Å². The number of nitrogens with two attached hydrogens (primary N) is 1. The average molecular weight is 364 g/mol. The summed E-state index contributed by atoms with van der Waals surface area (Å²) in [4.78, 5) is 0.0216. The maximum Gasteiger partial charge on any atom is 0.238 e. The molecular weight excluding hydrogens is 350 g/mol. The predicted molar refractivity (Wildman–Crippen MR) is 91.8 cm³/mol. The van der Waals surface area contributed by atoms with Gasteiger partial charge in [0, 0.05) is 16.1 Å². The molecule has 8 heteroatoms. The van der Waals surface area contributed by atoms with Crippen LogP contribution in [0.2, 0.25) is 5.02 Å². The quantitative estimate of drug-likeness (QED) is 0.661. The van der Waals surface area contributed by atoms with Gasteiger partial charge in [0.15, 0.2) is 0 Å². The minimum Gasteiger partial charge on any atom is -0.390 e. The van der Waals surface area contributed by atoms with Crippen LogP contribution in [0.5, 0.6) is 0 Å². The van der Waals surface area contributed by atoms with Crippen molar-refractivity contribution in [2.75, 3.05) is 0 Å². The molecule has 3 aromatic rings.